The molecule has 1 aromatic rings. The van der Waals surface area contributed by atoms with Gasteiger partial charge in [-0.2, -0.15) is 27.0 Å². The Kier molecular flexibility index (Phi) is 9.76. The summed E-state index contributed by atoms with van der Waals surface area (Å²) in [5.41, 5.74) is 1.67. The van der Waals surface area contributed by atoms with E-state index in [9.17, 15) is 14.4 Å². The van der Waals surface area contributed by atoms with Gasteiger partial charge in [0, 0.05) is 50.0 Å². The third-order valence-corrected chi connectivity index (χ3v) is 7.58. The van der Waals surface area contributed by atoms with Crippen molar-refractivity contribution in [2.75, 3.05) is 44.2 Å². The lowest BCUT2D eigenvalue weighted by Crippen LogP contribution is -2.52. The maximum absolute atomic E-state index is 13.4. The average Bonchev–Trinajstić information content (AvgIpc) is 3.50. The maximum atomic E-state index is 13.4. The second-order valence-electron chi connectivity index (χ2n) is 10.5. The van der Waals surface area contributed by atoms with Crippen molar-refractivity contribution in [3.05, 3.63) is 29.8 Å². The van der Waals surface area contributed by atoms with Gasteiger partial charge in [-0.25, -0.2) is 0 Å². The molecule has 3 heterocycles. The normalized spacial score (nSPS) is 24.7. The summed E-state index contributed by atoms with van der Waals surface area (Å²) in [5, 5.41) is 2.96. The van der Waals surface area contributed by atoms with Crippen LogP contribution in [0.1, 0.15) is 49.9 Å². The van der Waals surface area contributed by atoms with E-state index in [0.29, 0.717) is 24.9 Å². The van der Waals surface area contributed by atoms with E-state index in [4.69, 9.17) is 4.74 Å². The lowest BCUT2D eigenvalue weighted by Gasteiger charge is -2.36. The van der Waals surface area contributed by atoms with Gasteiger partial charge in [0.15, 0.2) is 5.78 Å². The molecule has 1 aliphatic carbocycles. The fourth-order valence-electron chi connectivity index (χ4n) is 5.58. The fourth-order valence-corrected chi connectivity index (χ4v) is 5.58. The Morgan fingerprint density at radius 2 is 1.67 bits per heavy atom. The quantitative estimate of drug-likeness (QED) is 0.574. The lowest BCUT2D eigenvalue weighted by molar-refractivity contribution is -0.138. The molecule has 0 spiro atoms. The Balaban J connectivity index is 0.00000180. The number of Topliss-reactive ketones (excluding diaryl/α,β-unsaturated/α-hetero) is 1. The molecule has 0 radical (unpaired) electrons. The number of carbonyl (C=O) groups excluding carboxylic acids is 3. The molecule has 4 fully saturated rings. The van der Waals surface area contributed by atoms with Gasteiger partial charge in [0.25, 0.3) is 5.91 Å². The maximum Gasteiger partial charge on any atom is 0.251 e. The molecule has 10 heteroatoms. The molecule has 0 aromatic heterocycles. The van der Waals surface area contributed by atoms with Gasteiger partial charge in [0.2, 0.25) is 5.91 Å². The van der Waals surface area contributed by atoms with Crippen LogP contribution in [0.5, 0.6) is 0 Å². The number of anilines is 1. The zero-order chi connectivity index (χ0) is 23.8. The smallest absolute Gasteiger partial charge is 0.251 e. The van der Waals surface area contributed by atoms with Crippen molar-refractivity contribution in [2.45, 2.75) is 63.8 Å². The van der Waals surface area contributed by atoms with Crippen molar-refractivity contribution in [1.82, 2.24) is 15.1 Å². The molecule has 1 N–H and O–H groups in total. The first-order chi connectivity index (χ1) is 16.4. The van der Waals surface area contributed by atoms with E-state index in [2.05, 4.69) is 15.1 Å². The third kappa shape index (κ3) is 6.20. The first-order valence-electron chi connectivity index (χ1n) is 12.8. The minimum absolute atomic E-state index is 0. The highest BCUT2D eigenvalue weighted by atomic mass is 32.1. The van der Waals surface area contributed by atoms with Crippen LogP contribution < -0.4 is 10.2 Å². The minimum Gasteiger partial charge on any atom is -0.369 e. The highest BCUT2D eigenvalue weighted by molar-refractivity contribution is 7.59. The summed E-state index contributed by atoms with van der Waals surface area (Å²) in [4.78, 5) is 45.3. The summed E-state index contributed by atoms with van der Waals surface area (Å²) in [6, 6.07) is 7.33. The van der Waals surface area contributed by atoms with E-state index in [1.807, 2.05) is 38.1 Å². The summed E-state index contributed by atoms with van der Waals surface area (Å²) >= 11 is 0. The second-order valence-corrected chi connectivity index (χ2v) is 10.5. The van der Waals surface area contributed by atoms with Gasteiger partial charge in [-0.05, 0) is 55.9 Å². The molecule has 3 aliphatic heterocycles. The highest BCUT2D eigenvalue weighted by Crippen LogP contribution is 2.29. The number of ether oxygens (including phenoxy) is 1. The van der Waals surface area contributed by atoms with Crippen LogP contribution in [0.15, 0.2) is 24.3 Å². The van der Waals surface area contributed by atoms with E-state index >= 15 is 0 Å². The molecular weight excluding hydrogens is 496 g/mol. The van der Waals surface area contributed by atoms with Crippen LogP contribution in [0.25, 0.3) is 0 Å². The molecule has 3 saturated heterocycles. The Bertz CT molecular complexity index is 932. The van der Waals surface area contributed by atoms with Gasteiger partial charge < -0.3 is 19.9 Å². The Hall–Kier alpha value is -1.75. The second kappa shape index (κ2) is 12.2. The van der Waals surface area contributed by atoms with Gasteiger partial charge in [-0.3, -0.25) is 19.3 Å². The van der Waals surface area contributed by atoms with Gasteiger partial charge >= 0.3 is 0 Å². The Labute approximate surface area is 228 Å². The number of ketones is 1. The molecule has 3 atom stereocenters. The standard InChI is InChI=1S/C26H36N4O4.2H2S/c1-17(2)15-21(26(33)30-10-9-23-24(30)22(31)16-34-23)27-25(32)18-3-5-19(6-4-18)28-11-13-29(14-12-28)20-7-8-20;;/h3-6,17,20-21,23-24H,7-16H2,1-2H3,(H,27,32);2*1H2/t21-,23+,24+;;/m0../s1. The lowest BCUT2D eigenvalue weighted by atomic mass is 10.0. The molecule has 36 heavy (non-hydrogen) atoms. The van der Waals surface area contributed by atoms with Gasteiger partial charge in [0.1, 0.15) is 18.7 Å². The van der Waals surface area contributed by atoms with Crippen LogP contribution in [0.3, 0.4) is 0 Å². The molecule has 1 saturated carbocycles. The zero-order valence-electron chi connectivity index (χ0n) is 21.2. The summed E-state index contributed by atoms with van der Waals surface area (Å²) in [7, 11) is 0. The fraction of sp³-hybridized carbons (Fsp3) is 0.654. The predicted molar refractivity (Wildman–Crippen MR) is 150 cm³/mol. The topological polar surface area (TPSA) is 82.2 Å². The first-order valence-corrected chi connectivity index (χ1v) is 12.8. The SMILES string of the molecule is CC(C)C[C@H](NC(=O)c1ccc(N2CCN(C3CC3)CC2)cc1)C(=O)N1CC[C@H]2OCC(=O)[C@H]21.S.S. The number of rotatable bonds is 7. The summed E-state index contributed by atoms with van der Waals surface area (Å²) in [6.45, 7) is 8.83. The molecule has 0 unspecified atom stereocenters. The van der Waals surface area contributed by atoms with Crippen molar-refractivity contribution in [3.63, 3.8) is 0 Å². The highest BCUT2D eigenvalue weighted by Gasteiger charge is 2.48. The van der Waals surface area contributed by atoms with Crippen molar-refractivity contribution in [3.8, 4) is 0 Å². The van der Waals surface area contributed by atoms with Crippen LogP contribution in [0.2, 0.25) is 0 Å². The number of fused-ring (bicyclic) bond motifs is 1. The molecule has 1 aromatic carbocycles. The number of carbonyl (C=O) groups is 3. The van der Waals surface area contributed by atoms with E-state index < -0.39 is 12.1 Å². The molecule has 2 amide bonds. The summed E-state index contributed by atoms with van der Waals surface area (Å²) in [6.07, 6.45) is 3.67. The predicted octanol–water partition coefficient (Wildman–Crippen LogP) is 1.91. The number of nitrogens with zero attached hydrogens (tertiary/aromatic N) is 3. The molecule has 200 valence electrons. The molecule has 4 aliphatic rings. The van der Waals surface area contributed by atoms with Gasteiger partial charge in [0.05, 0.1) is 6.10 Å². The van der Waals surface area contributed by atoms with Gasteiger partial charge in [-0.1, -0.05) is 13.8 Å². The number of likely N-dealkylation sites (tertiary alicyclic amines) is 1. The molecule has 5 rings (SSSR count). The number of hydrogen-bond donors (Lipinski definition) is 1. The number of piperazine rings is 1. The zero-order valence-corrected chi connectivity index (χ0v) is 23.2. The van der Waals surface area contributed by atoms with Crippen molar-refractivity contribution in [2.24, 2.45) is 5.92 Å². The summed E-state index contributed by atoms with van der Waals surface area (Å²) in [5.74, 6) is -0.258. The van der Waals surface area contributed by atoms with Crippen molar-refractivity contribution in [1.29, 1.82) is 0 Å². The number of amides is 2. The van der Waals surface area contributed by atoms with Crippen LogP contribution in [0, 0.1) is 5.92 Å². The van der Waals surface area contributed by atoms with E-state index in [1.54, 1.807) is 4.90 Å². The van der Waals surface area contributed by atoms with Crippen LogP contribution in [-0.2, 0) is 14.3 Å². The largest absolute Gasteiger partial charge is 0.369 e. The van der Waals surface area contributed by atoms with Crippen LogP contribution >= 0.6 is 27.0 Å². The van der Waals surface area contributed by atoms with Crippen LogP contribution in [0.4, 0.5) is 5.69 Å². The van der Waals surface area contributed by atoms with Crippen molar-refractivity contribution < 1.29 is 19.1 Å². The Morgan fingerprint density at radius 3 is 2.28 bits per heavy atom. The molecule has 0 bridgehead atoms. The third-order valence-electron chi connectivity index (χ3n) is 7.58. The minimum atomic E-state index is -0.658. The number of hydrogen-bond acceptors (Lipinski definition) is 6. The van der Waals surface area contributed by atoms with Gasteiger partial charge in [-0.15, -0.1) is 0 Å². The number of benzene rings is 1. The monoisotopic (exact) mass is 536 g/mol. The Morgan fingerprint density at radius 1 is 1.00 bits per heavy atom. The van der Waals surface area contributed by atoms with E-state index in [1.165, 1.54) is 12.8 Å². The van der Waals surface area contributed by atoms with Crippen molar-refractivity contribution >= 4 is 50.3 Å². The summed E-state index contributed by atoms with van der Waals surface area (Å²) < 4.78 is 5.53. The van der Waals surface area contributed by atoms with Crippen LogP contribution in [-0.4, -0.2) is 91.0 Å². The number of nitrogens with one attached hydrogen (secondary N) is 1. The van der Waals surface area contributed by atoms with E-state index in [0.717, 1.165) is 37.9 Å². The van der Waals surface area contributed by atoms with E-state index in [-0.39, 0.29) is 63.2 Å². The first kappa shape index (κ1) is 28.8. The average molecular weight is 537 g/mol. The molecule has 8 nitrogen and oxygen atoms in total. The molecular formula is C26H40N4O4S2.